The number of rotatable bonds is 4. The van der Waals surface area contributed by atoms with Gasteiger partial charge in [-0.3, -0.25) is 9.48 Å². The van der Waals surface area contributed by atoms with Crippen molar-refractivity contribution in [3.05, 3.63) is 46.2 Å². The highest BCUT2D eigenvalue weighted by Crippen LogP contribution is 2.19. The van der Waals surface area contributed by atoms with E-state index >= 15 is 0 Å². The van der Waals surface area contributed by atoms with E-state index in [4.69, 9.17) is 5.73 Å². The topological polar surface area (TPSA) is 64.2 Å². The van der Waals surface area contributed by atoms with E-state index in [1.807, 2.05) is 31.2 Å². The molecule has 0 aliphatic rings. The van der Waals surface area contributed by atoms with Gasteiger partial charge < -0.3 is 10.6 Å². The van der Waals surface area contributed by atoms with Gasteiger partial charge in [-0.1, -0.05) is 34.1 Å². The van der Waals surface area contributed by atoms with Crippen LogP contribution in [-0.4, -0.2) is 27.6 Å². The molecule has 0 aliphatic heterocycles. The van der Waals surface area contributed by atoms with E-state index in [1.54, 1.807) is 22.8 Å². The van der Waals surface area contributed by atoms with Gasteiger partial charge >= 0.3 is 0 Å². The van der Waals surface area contributed by atoms with Gasteiger partial charge in [0.1, 0.15) is 0 Å². The summed E-state index contributed by atoms with van der Waals surface area (Å²) in [6, 6.07) is 7.81. The van der Waals surface area contributed by atoms with Crippen molar-refractivity contribution in [1.29, 1.82) is 0 Å². The third-order valence-corrected chi connectivity index (χ3v) is 3.80. The summed E-state index contributed by atoms with van der Waals surface area (Å²) in [6.45, 7) is 3.13. The molecule has 1 amide bonds. The first kappa shape index (κ1) is 14.6. The Morgan fingerprint density at radius 3 is 2.75 bits per heavy atom. The minimum Gasteiger partial charge on any atom is -0.396 e. The number of nitrogens with zero attached hydrogens (tertiary/aromatic N) is 3. The largest absolute Gasteiger partial charge is 0.396 e. The number of hydrogen-bond donors (Lipinski definition) is 1. The maximum Gasteiger partial charge on any atom is 0.276 e. The Morgan fingerprint density at radius 1 is 1.45 bits per heavy atom. The number of nitrogen functional groups attached to an aromatic ring is 1. The van der Waals surface area contributed by atoms with Crippen LogP contribution in [0.2, 0.25) is 0 Å². The summed E-state index contributed by atoms with van der Waals surface area (Å²) in [6.07, 6.45) is 1.68. The summed E-state index contributed by atoms with van der Waals surface area (Å²) in [5.74, 6) is -0.176. The fraction of sp³-hybridized carbons (Fsp3) is 0.286. The fourth-order valence-electron chi connectivity index (χ4n) is 1.90. The highest BCUT2D eigenvalue weighted by Gasteiger charge is 2.19. The normalized spacial score (nSPS) is 10.6. The van der Waals surface area contributed by atoms with Gasteiger partial charge in [0.15, 0.2) is 5.69 Å². The van der Waals surface area contributed by atoms with Crippen LogP contribution in [0.25, 0.3) is 0 Å². The summed E-state index contributed by atoms with van der Waals surface area (Å²) < 4.78 is 2.64. The quantitative estimate of drug-likeness (QED) is 0.932. The van der Waals surface area contributed by atoms with Crippen molar-refractivity contribution >= 4 is 27.5 Å². The van der Waals surface area contributed by atoms with Crippen LogP contribution in [0.4, 0.5) is 5.69 Å². The van der Waals surface area contributed by atoms with Gasteiger partial charge in [0.25, 0.3) is 5.91 Å². The lowest BCUT2D eigenvalue weighted by Crippen LogP contribution is -2.27. The first-order chi connectivity index (χ1) is 9.52. The maximum absolute atomic E-state index is 12.4. The Labute approximate surface area is 126 Å². The van der Waals surface area contributed by atoms with E-state index in [9.17, 15) is 4.79 Å². The van der Waals surface area contributed by atoms with Gasteiger partial charge in [0, 0.05) is 30.8 Å². The molecule has 20 heavy (non-hydrogen) atoms. The zero-order valence-corrected chi connectivity index (χ0v) is 13.1. The second-order valence-electron chi connectivity index (χ2n) is 4.54. The van der Waals surface area contributed by atoms with E-state index in [0.717, 1.165) is 10.0 Å². The minimum atomic E-state index is -0.176. The molecule has 2 N–H and O–H groups in total. The van der Waals surface area contributed by atoms with Crippen LogP contribution < -0.4 is 5.73 Å². The number of carbonyl (C=O) groups is 1. The molecule has 0 fully saturated rings. The number of benzene rings is 1. The molecular weight excluding hydrogens is 320 g/mol. The van der Waals surface area contributed by atoms with Gasteiger partial charge in [-0.05, 0) is 18.6 Å². The first-order valence-electron chi connectivity index (χ1n) is 6.34. The van der Waals surface area contributed by atoms with Crippen LogP contribution in [-0.2, 0) is 13.1 Å². The van der Waals surface area contributed by atoms with Gasteiger partial charge in [-0.2, -0.15) is 5.10 Å². The van der Waals surface area contributed by atoms with Crippen molar-refractivity contribution in [3.63, 3.8) is 0 Å². The van der Waals surface area contributed by atoms with Crippen molar-refractivity contribution in [2.45, 2.75) is 20.0 Å². The molecule has 1 aromatic carbocycles. The van der Waals surface area contributed by atoms with Crippen LogP contribution >= 0.6 is 15.9 Å². The lowest BCUT2D eigenvalue weighted by Gasteiger charge is -2.17. The molecule has 1 aromatic heterocycles. The SMILES string of the molecule is CCn1cc(N)c(C(=O)N(C)Cc2ccccc2Br)n1. The Morgan fingerprint density at radius 2 is 2.15 bits per heavy atom. The minimum absolute atomic E-state index is 0.176. The number of anilines is 1. The Balaban J connectivity index is 2.16. The van der Waals surface area contributed by atoms with E-state index in [1.165, 1.54) is 0 Å². The number of aryl methyl sites for hydroxylation is 1. The fourth-order valence-corrected chi connectivity index (χ4v) is 2.31. The highest BCUT2D eigenvalue weighted by atomic mass is 79.9. The lowest BCUT2D eigenvalue weighted by molar-refractivity contribution is 0.0779. The molecule has 0 unspecified atom stereocenters. The summed E-state index contributed by atoms with van der Waals surface area (Å²) in [5.41, 5.74) is 7.60. The van der Waals surface area contributed by atoms with Crippen molar-refractivity contribution in [1.82, 2.24) is 14.7 Å². The predicted molar refractivity (Wildman–Crippen MR) is 82.3 cm³/mol. The number of carbonyl (C=O) groups excluding carboxylic acids is 1. The molecule has 2 rings (SSSR count). The van der Waals surface area contributed by atoms with Gasteiger partial charge in [-0.15, -0.1) is 0 Å². The Bertz CT molecular complexity index is 623. The molecule has 0 aliphatic carbocycles. The van der Waals surface area contributed by atoms with Crippen molar-refractivity contribution in [3.8, 4) is 0 Å². The van der Waals surface area contributed by atoms with E-state index in [-0.39, 0.29) is 5.91 Å². The summed E-state index contributed by atoms with van der Waals surface area (Å²) in [4.78, 5) is 14.0. The van der Waals surface area contributed by atoms with E-state index in [0.29, 0.717) is 24.5 Å². The van der Waals surface area contributed by atoms with E-state index < -0.39 is 0 Å². The third-order valence-electron chi connectivity index (χ3n) is 3.03. The number of aromatic nitrogens is 2. The molecule has 5 nitrogen and oxygen atoms in total. The second kappa shape index (κ2) is 6.09. The third kappa shape index (κ3) is 3.01. The molecule has 0 spiro atoms. The Hall–Kier alpha value is -1.82. The molecule has 0 bridgehead atoms. The molecule has 0 radical (unpaired) electrons. The number of nitrogens with two attached hydrogens (primary N) is 1. The zero-order chi connectivity index (χ0) is 14.7. The highest BCUT2D eigenvalue weighted by molar-refractivity contribution is 9.10. The standard InChI is InChI=1S/C14H17BrN4O/c1-3-19-9-12(16)13(17-19)14(20)18(2)8-10-6-4-5-7-11(10)15/h4-7,9H,3,8,16H2,1-2H3. The summed E-state index contributed by atoms with van der Waals surface area (Å²) in [7, 11) is 1.74. The zero-order valence-electron chi connectivity index (χ0n) is 11.5. The van der Waals surface area contributed by atoms with Gasteiger partial charge in [0.05, 0.1) is 5.69 Å². The van der Waals surface area contributed by atoms with Crippen LogP contribution in [0.5, 0.6) is 0 Å². The predicted octanol–water partition coefficient (Wildman–Crippen LogP) is 2.52. The number of halogens is 1. The van der Waals surface area contributed by atoms with Crippen LogP contribution in [0.15, 0.2) is 34.9 Å². The van der Waals surface area contributed by atoms with Crippen molar-refractivity contribution < 1.29 is 4.79 Å². The molecule has 0 saturated heterocycles. The number of hydrogen-bond acceptors (Lipinski definition) is 3. The Kier molecular flexibility index (Phi) is 4.44. The molecule has 6 heteroatoms. The molecule has 1 heterocycles. The average Bonchev–Trinajstić information content (AvgIpc) is 2.81. The summed E-state index contributed by atoms with van der Waals surface area (Å²) in [5, 5.41) is 4.20. The molecule has 2 aromatic rings. The molecule has 0 atom stereocenters. The van der Waals surface area contributed by atoms with Crippen LogP contribution in [0.1, 0.15) is 23.0 Å². The maximum atomic E-state index is 12.4. The van der Waals surface area contributed by atoms with Crippen LogP contribution in [0.3, 0.4) is 0 Å². The monoisotopic (exact) mass is 336 g/mol. The average molecular weight is 337 g/mol. The van der Waals surface area contributed by atoms with Crippen molar-refractivity contribution in [2.24, 2.45) is 0 Å². The van der Waals surface area contributed by atoms with Crippen LogP contribution in [0, 0.1) is 0 Å². The summed E-state index contributed by atoms with van der Waals surface area (Å²) >= 11 is 3.48. The first-order valence-corrected chi connectivity index (χ1v) is 7.14. The van der Waals surface area contributed by atoms with Crippen molar-refractivity contribution in [2.75, 3.05) is 12.8 Å². The second-order valence-corrected chi connectivity index (χ2v) is 5.40. The molecule has 106 valence electrons. The van der Waals surface area contributed by atoms with Gasteiger partial charge in [-0.25, -0.2) is 0 Å². The lowest BCUT2D eigenvalue weighted by atomic mass is 10.2. The van der Waals surface area contributed by atoms with Gasteiger partial charge in [0.2, 0.25) is 0 Å². The molecular formula is C14H17BrN4O. The number of amides is 1. The smallest absolute Gasteiger partial charge is 0.276 e. The molecule has 0 saturated carbocycles. The van der Waals surface area contributed by atoms with E-state index in [2.05, 4.69) is 21.0 Å².